The van der Waals surface area contributed by atoms with Crippen LogP contribution in [-0.2, 0) is 4.79 Å². The van der Waals surface area contributed by atoms with Gasteiger partial charge >= 0.3 is 0 Å². The summed E-state index contributed by atoms with van der Waals surface area (Å²) in [6.45, 7) is 3.58. The summed E-state index contributed by atoms with van der Waals surface area (Å²) in [6, 6.07) is 0.187. The maximum atomic E-state index is 11.7. The molecule has 3 nitrogen and oxygen atoms in total. The molecule has 1 aliphatic heterocycles. The molecule has 1 rings (SSSR count). The summed E-state index contributed by atoms with van der Waals surface area (Å²) in [7, 11) is 0. The highest BCUT2D eigenvalue weighted by atomic mass is 35.5. The van der Waals surface area contributed by atoms with Crippen LogP contribution in [0.2, 0.25) is 0 Å². The molecule has 0 saturated carbocycles. The number of piperidine rings is 1. The second-order valence-electron chi connectivity index (χ2n) is 3.56. The van der Waals surface area contributed by atoms with Gasteiger partial charge in [-0.1, -0.05) is 0 Å². The number of amides is 1. The molecule has 0 aliphatic carbocycles. The predicted octanol–water partition coefficient (Wildman–Crippen LogP) is 1.11. The number of carbonyl (C=O) groups excluding carboxylic acids is 1. The minimum atomic E-state index is 0. The summed E-state index contributed by atoms with van der Waals surface area (Å²) in [5.74, 6) is 0.239. The largest absolute Gasteiger partial charge is 0.340 e. The first-order valence-electron chi connectivity index (χ1n) is 4.72. The molecule has 0 radical (unpaired) electrons. The topological polar surface area (TPSA) is 46.3 Å². The number of carbonyl (C=O) groups is 1. The van der Waals surface area contributed by atoms with Gasteiger partial charge in [0.25, 0.3) is 0 Å². The Morgan fingerprint density at radius 1 is 1.64 bits per heavy atom. The molecule has 2 atom stereocenters. The quantitative estimate of drug-likeness (QED) is 0.784. The van der Waals surface area contributed by atoms with Crippen LogP contribution in [0, 0.1) is 0 Å². The van der Waals surface area contributed by atoms with Crippen LogP contribution in [0.15, 0.2) is 0 Å². The molecular weight excluding hydrogens is 220 g/mol. The Kier molecular flexibility index (Phi) is 6.57. The van der Waals surface area contributed by atoms with Crippen LogP contribution in [0.1, 0.15) is 19.8 Å². The highest BCUT2D eigenvalue weighted by molar-refractivity contribution is 7.99. The van der Waals surface area contributed by atoms with Gasteiger partial charge in [0.2, 0.25) is 5.91 Å². The number of thioether (sulfide) groups is 1. The fraction of sp³-hybridized carbons (Fsp3) is 0.889. The van der Waals surface area contributed by atoms with Gasteiger partial charge in [0.1, 0.15) is 0 Å². The number of hydrogen-bond acceptors (Lipinski definition) is 3. The van der Waals surface area contributed by atoms with Gasteiger partial charge in [-0.25, -0.2) is 0 Å². The van der Waals surface area contributed by atoms with E-state index in [-0.39, 0.29) is 29.6 Å². The van der Waals surface area contributed by atoms with E-state index in [0.717, 1.165) is 25.9 Å². The van der Waals surface area contributed by atoms with E-state index in [9.17, 15) is 4.79 Å². The fourth-order valence-corrected chi connectivity index (χ4v) is 1.92. The first-order chi connectivity index (χ1) is 6.15. The van der Waals surface area contributed by atoms with Crippen molar-refractivity contribution in [3.05, 3.63) is 0 Å². The van der Waals surface area contributed by atoms with E-state index in [0.29, 0.717) is 0 Å². The second kappa shape index (κ2) is 6.53. The van der Waals surface area contributed by atoms with Crippen LogP contribution in [0.3, 0.4) is 0 Å². The first kappa shape index (κ1) is 14.1. The smallest absolute Gasteiger partial charge is 0.235 e. The Bertz CT molecular complexity index is 192. The van der Waals surface area contributed by atoms with Crippen LogP contribution in [0.25, 0.3) is 0 Å². The zero-order valence-electron chi connectivity index (χ0n) is 8.73. The van der Waals surface area contributed by atoms with Crippen molar-refractivity contribution in [2.24, 2.45) is 5.73 Å². The molecule has 84 valence electrons. The Morgan fingerprint density at radius 3 is 2.79 bits per heavy atom. The van der Waals surface area contributed by atoms with Gasteiger partial charge in [-0.05, 0) is 26.0 Å². The summed E-state index contributed by atoms with van der Waals surface area (Å²) in [4.78, 5) is 13.6. The molecule has 2 N–H and O–H groups in total. The molecule has 14 heavy (non-hydrogen) atoms. The number of nitrogens with zero attached hydrogens (tertiary/aromatic N) is 1. The molecule has 0 aromatic carbocycles. The standard InChI is InChI=1S/C9H18N2OS.ClH/c1-7(13-2)9(12)11-5-3-4-8(10)6-11;/h7-8H,3-6,10H2,1-2H3;1H/t7?,8-;/m1./s1. The third kappa shape index (κ3) is 3.67. The van der Waals surface area contributed by atoms with Crippen molar-refractivity contribution >= 4 is 30.1 Å². The van der Waals surface area contributed by atoms with Gasteiger partial charge in [-0.3, -0.25) is 4.79 Å². The molecule has 1 fully saturated rings. The SMILES string of the molecule is CSC(C)C(=O)N1CCC[C@@H](N)C1.Cl. The van der Waals surface area contributed by atoms with E-state index in [1.165, 1.54) is 0 Å². The summed E-state index contributed by atoms with van der Waals surface area (Å²) in [5.41, 5.74) is 5.80. The molecule has 0 aromatic heterocycles. The Morgan fingerprint density at radius 2 is 2.29 bits per heavy atom. The number of nitrogens with two attached hydrogens (primary N) is 1. The van der Waals surface area contributed by atoms with Gasteiger partial charge in [0, 0.05) is 19.1 Å². The summed E-state index contributed by atoms with van der Waals surface area (Å²) in [6.07, 6.45) is 4.07. The lowest BCUT2D eigenvalue weighted by molar-refractivity contribution is -0.131. The van der Waals surface area contributed by atoms with Crippen molar-refractivity contribution in [1.82, 2.24) is 4.90 Å². The molecule has 1 amide bonds. The second-order valence-corrected chi connectivity index (χ2v) is 4.74. The van der Waals surface area contributed by atoms with Crippen LogP contribution in [0.4, 0.5) is 0 Å². The molecule has 1 unspecified atom stereocenters. The highest BCUT2D eigenvalue weighted by Crippen LogP contribution is 2.14. The number of hydrogen-bond donors (Lipinski definition) is 1. The van der Waals surface area contributed by atoms with E-state index >= 15 is 0 Å². The van der Waals surface area contributed by atoms with Crippen molar-refractivity contribution in [3.8, 4) is 0 Å². The van der Waals surface area contributed by atoms with Gasteiger partial charge in [0.05, 0.1) is 5.25 Å². The van der Waals surface area contributed by atoms with Gasteiger partial charge in [-0.15, -0.1) is 12.4 Å². The number of rotatable bonds is 2. The van der Waals surface area contributed by atoms with E-state index in [4.69, 9.17) is 5.73 Å². The Balaban J connectivity index is 0.00000169. The summed E-state index contributed by atoms with van der Waals surface area (Å²) < 4.78 is 0. The third-order valence-electron chi connectivity index (χ3n) is 2.47. The molecule has 1 heterocycles. The van der Waals surface area contributed by atoms with Crippen LogP contribution < -0.4 is 5.73 Å². The van der Waals surface area contributed by atoms with Crippen molar-refractivity contribution in [2.45, 2.75) is 31.1 Å². The average Bonchev–Trinajstić information content (AvgIpc) is 2.15. The zero-order chi connectivity index (χ0) is 9.84. The maximum Gasteiger partial charge on any atom is 0.235 e. The van der Waals surface area contributed by atoms with E-state index < -0.39 is 0 Å². The molecule has 1 aliphatic rings. The predicted molar refractivity (Wildman–Crippen MR) is 64.0 cm³/mol. The van der Waals surface area contributed by atoms with Crippen molar-refractivity contribution < 1.29 is 4.79 Å². The van der Waals surface area contributed by atoms with E-state index in [1.54, 1.807) is 11.8 Å². The monoisotopic (exact) mass is 238 g/mol. The Labute approximate surface area is 96.2 Å². The van der Waals surface area contributed by atoms with Crippen molar-refractivity contribution in [2.75, 3.05) is 19.3 Å². The summed E-state index contributed by atoms with van der Waals surface area (Å²) >= 11 is 1.60. The lowest BCUT2D eigenvalue weighted by atomic mass is 10.1. The molecule has 1 saturated heterocycles. The molecule has 0 spiro atoms. The van der Waals surface area contributed by atoms with E-state index in [2.05, 4.69) is 0 Å². The average molecular weight is 239 g/mol. The summed E-state index contributed by atoms with van der Waals surface area (Å²) in [5, 5.41) is 0.0744. The lowest BCUT2D eigenvalue weighted by Gasteiger charge is -2.32. The van der Waals surface area contributed by atoms with E-state index in [1.807, 2.05) is 18.1 Å². The zero-order valence-corrected chi connectivity index (χ0v) is 10.4. The van der Waals surface area contributed by atoms with Crippen molar-refractivity contribution in [3.63, 3.8) is 0 Å². The Hall–Kier alpha value is 0.0700. The van der Waals surface area contributed by atoms with Crippen molar-refractivity contribution in [1.29, 1.82) is 0 Å². The third-order valence-corrected chi connectivity index (χ3v) is 3.38. The first-order valence-corrected chi connectivity index (χ1v) is 6.01. The molecular formula is C9H19ClN2OS. The lowest BCUT2D eigenvalue weighted by Crippen LogP contribution is -2.48. The number of likely N-dealkylation sites (tertiary alicyclic amines) is 1. The molecule has 5 heteroatoms. The minimum absolute atomic E-state index is 0. The fourth-order valence-electron chi connectivity index (χ4n) is 1.57. The molecule has 0 bridgehead atoms. The van der Waals surface area contributed by atoms with Gasteiger partial charge in [0.15, 0.2) is 0 Å². The minimum Gasteiger partial charge on any atom is -0.340 e. The van der Waals surface area contributed by atoms with Gasteiger partial charge < -0.3 is 10.6 Å². The highest BCUT2D eigenvalue weighted by Gasteiger charge is 2.24. The van der Waals surface area contributed by atoms with Gasteiger partial charge in [-0.2, -0.15) is 11.8 Å². The normalized spacial score (nSPS) is 23.9. The van der Waals surface area contributed by atoms with Crippen LogP contribution in [-0.4, -0.2) is 41.4 Å². The number of halogens is 1. The molecule has 0 aromatic rings. The van der Waals surface area contributed by atoms with Crippen LogP contribution >= 0.6 is 24.2 Å². The van der Waals surface area contributed by atoms with Crippen LogP contribution in [0.5, 0.6) is 0 Å². The maximum absolute atomic E-state index is 11.7.